The van der Waals surface area contributed by atoms with E-state index in [1.807, 2.05) is 146 Å². The van der Waals surface area contributed by atoms with E-state index in [1.165, 1.54) is 16.9 Å². The summed E-state index contributed by atoms with van der Waals surface area (Å²) in [5.41, 5.74) is 9.98. The lowest BCUT2D eigenvalue weighted by atomic mass is 9.82. The van der Waals surface area contributed by atoms with Gasteiger partial charge in [0.1, 0.15) is 42.4 Å². The van der Waals surface area contributed by atoms with Gasteiger partial charge in [-0.3, -0.25) is 58.3 Å². The Hall–Kier alpha value is -8.66. The normalized spacial score (nSPS) is 20.9. The number of carboxylic acid groups (broad SMARTS) is 1. The van der Waals surface area contributed by atoms with Gasteiger partial charge in [-0.05, 0) is 162 Å². The minimum Gasteiger partial charge on any atom is -0.480 e. The van der Waals surface area contributed by atoms with E-state index in [0.717, 1.165) is 66.3 Å². The Balaban J connectivity index is 0.000000253. The predicted molar refractivity (Wildman–Crippen MR) is 344 cm³/mol. The number of pyridine rings is 2. The van der Waals surface area contributed by atoms with Crippen LogP contribution in [0.15, 0.2) is 109 Å². The van der Waals surface area contributed by atoms with E-state index >= 15 is 0 Å². The summed E-state index contributed by atoms with van der Waals surface area (Å²) in [4.78, 5) is 114. The number of cyclic esters (lactones) is 1. The van der Waals surface area contributed by atoms with E-state index in [1.54, 1.807) is 40.1 Å². The van der Waals surface area contributed by atoms with E-state index < -0.39 is 88.9 Å². The number of carboxylic acids is 1. The number of nitrogens with one attached hydrogen (secondary N) is 6. The number of aromatic nitrogens is 2. The van der Waals surface area contributed by atoms with Gasteiger partial charge < -0.3 is 36.2 Å². The topological polar surface area (TPSA) is 291 Å². The van der Waals surface area contributed by atoms with Crippen LogP contribution < -0.4 is 32.1 Å². The van der Waals surface area contributed by atoms with Crippen LogP contribution in [-0.4, -0.2) is 127 Å². The first-order valence-corrected chi connectivity index (χ1v) is 30.5. The summed E-state index contributed by atoms with van der Waals surface area (Å²) in [5.74, 6) is -4.48. The molecule has 0 aliphatic carbocycles. The Morgan fingerprint density at radius 1 is 0.733 bits per heavy atom. The number of hydrazine groups is 2. The predicted octanol–water partition coefficient (Wildman–Crippen LogP) is 8.03. The summed E-state index contributed by atoms with van der Waals surface area (Å²) in [6.45, 7) is 21.9. The van der Waals surface area contributed by atoms with Gasteiger partial charge in [0.2, 0.25) is 23.6 Å². The highest BCUT2D eigenvalue weighted by Crippen LogP contribution is 2.33. The highest BCUT2D eigenvalue weighted by molar-refractivity contribution is 5.97. The van der Waals surface area contributed by atoms with Crippen LogP contribution in [-0.2, 0) is 53.9 Å². The second-order valence-corrected chi connectivity index (χ2v) is 25.3. The molecular formula is C69H88N10O11. The van der Waals surface area contributed by atoms with Gasteiger partial charge in [-0.2, -0.15) is 0 Å². The fraction of sp³-hybridized carbons (Fsp3) is 0.449. The average molecular weight is 1230 g/mol. The minimum atomic E-state index is -1.04. The van der Waals surface area contributed by atoms with Crippen molar-refractivity contribution in [1.29, 1.82) is 0 Å². The van der Waals surface area contributed by atoms with Crippen LogP contribution in [0.2, 0.25) is 0 Å². The third kappa shape index (κ3) is 15.8. The number of hydrogen-bond acceptors (Lipinski definition) is 14. The third-order valence-electron chi connectivity index (χ3n) is 17.0. The first kappa shape index (κ1) is 68.8. The van der Waals surface area contributed by atoms with Gasteiger partial charge in [0.05, 0.1) is 28.3 Å². The van der Waals surface area contributed by atoms with Crippen LogP contribution in [0.3, 0.4) is 0 Å². The maximum atomic E-state index is 13.7. The molecule has 8 N–H and O–H groups in total. The second-order valence-electron chi connectivity index (χ2n) is 25.3. The number of benzene rings is 4. The Bertz CT molecular complexity index is 3660. The van der Waals surface area contributed by atoms with Gasteiger partial charge in [0.15, 0.2) is 0 Å². The quantitative estimate of drug-likeness (QED) is 0.0570. The smallest absolute Gasteiger partial charge is 0.325 e. The molecule has 21 nitrogen and oxygen atoms in total. The van der Waals surface area contributed by atoms with E-state index in [9.17, 15) is 48.6 Å². The van der Waals surface area contributed by atoms with Crippen molar-refractivity contribution < 1.29 is 53.3 Å². The van der Waals surface area contributed by atoms with Crippen molar-refractivity contribution in [2.75, 3.05) is 13.1 Å². The molecule has 9 rings (SSSR count). The Morgan fingerprint density at radius 3 is 1.99 bits per heavy atom. The number of nitrogens with zero attached hydrogens (tertiary/aromatic N) is 4. The zero-order chi connectivity index (χ0) is 64.8. The van der Waals surface area contributed by atoms with Gasteiger partial charge in [-0.1, -0.05) is 95.8 Å². The number of fused-ring (bicyclic) bond motifs is 8. The van der Waals surface area contributed by atoms with Crippen molar-refractivity contribution in [1.82, 2.24) is 52.1 Å². The van der Waals surface area contributed by atoms with Gasteiger partial charge >= 0.3 is 11.9 Å². The zero-order valence-corrected chi connectivity index (χ0v) is 52.8. The summed E-state index contributed by atoms with van der Waals surface area (Å²) in [7, 11) is 0. The van der Waals surface area contributed by atoms with Crippen LogP contribution in [0, 0.1) is 11.8 Å². The molecule has 7 bridgehead atoms. The maximum Gasteiger partial charge on any atom is 0.325 e. The fourth-order valence-corrected chi connectivity index (χ4v) is 11.0. The molecule has 1 unspecified atom stereocenters. The number of amides is 6. The molecule has 4 aromatic carbocycles. The van der Waals surface area contributed by atoms with Crippen molar-refractivity contribution in [3.05, 3.63) is 132 Å². The SMILES string of the molecule is C.CC(C)[C@@H]1NC(=O)C(C)(C)c2cccc(c2)-c2cc3cc(ccc3cn2)[C@@H](C)OC(=O)C2CCCN(N2)C(=O)[C@H](C)NC1=O.CC(C)[C@H](NC(=O)C(C)(C)c1cccc(-c2cc3cc([C@@H](C)O)ccc3cn2)c1)C(=O)N[C@@H](C)C(=O)N1CCC[C@@H](C(=O)O)N1. The monoisotopic (exact) mass is 1230 g/mol. The van der Waals surface area contributed by atoms with E-state index in [2.05, 4.69) is 42.1 Å². The molecule has 2 fully saturated rings. The number of rotatable bonds is 11. The molecule has 480 valence electrons. The Kier molecular flexibility index (Phi) is 22.1. The molecule has 8 atom stereocenters. The van der Waals surface area contributed by atoms with Crippen LogP contribution in [0.4, 0.5) is 0 Å². The highest BCUT2D eigenvalue weighted by atomic mass is 16.5. The van der Waals surface area contributed by atoms with Crippen molar-refractivity contribution in [3.63, 3.8) is 0 Å². The first-order valence-electron chi connectivity index (χ1n) is 30.5. The van der Waals surface area contributed by atoms with Gasteiger partial charge in [0.25, 0.3) is 11.8 Å². The number of esters is 1. The molecular weight excluding hydrogens is 1140 g/mol. The van der Waals surface area contributed by atoms with Crippen molar-refractivity contribution in [3.8, 4) is 22.5 Å². The third-order valence-corrected chi connectivity index (χ3v) is 17.0. The molecule has 0 spiro atoms. The molecule has 0 saturated carbocycles. The fourth-order valence-electron chi connectivity index (χ4n) is 11.0. The van der Waals surface area contributed by atoms with Crippen molar-refractivity contribution >= 4 is 68.9 Å². The van der Waals surface area contributed by atoms with Gasteiger partial charge in [-0.25, -0.2) is 10.9 Å². The molecule has 2 saturated heterocycles. The molecule has 6 aromatic rings. The number of aliphatic hydroxyl groups is 1. The molecule has 90 heavy (non-hydrogen) atoms. The lowest BCUT2D eigenvalue weighted by molar-refractivity contribution is -0.157. The van der Waals surface area contributed by atoms with Crippen molar-refractivity contribution in [2.45, 2.75) is 175 Å². The maximum absolute atomic E-state index is 13.7. The van der Waals surface area contributed by atoms with Crippen LogP contribution in [0.1, 0.15) is 151 Å². The van der Waals surface area contributed by atoms with Gasteiger partial charge in [0, 0.05) is 47.4 Å². The number of carbonyl (C=O) groups excluding carboxylic acids is 7. The summed E-state index contributed by atoms with van der Waals surface area (Å²) < 4.78 is 5.86. The number of aliphatic carboxylic acids is 1. The van der Waals surface area contributed by atoms with E-state index in [4.69, 9.17) is 4.74 Å². The van der Waals surface area contributed by atoms with Crippen LogP contribution in [0.25, 0.3) is 44.1 Å². The molecule has 3 aliphatic heterocycles. The lowest BCUT2D eigenvalue weighted by Gasteiger charge is -2.35. The summed E-state index contributed by atoms with van der Waals surface area (Å²) >= 11 is 0. The standard InChI is InChI=1S/C34H43N5O6.C34H41N5O5.CH4/c1-19(2)29(30(41)36-20(3)31(42)39-14-8-11-27(38-39)32(43)44)37-33(45)34(5,6)26-10-7-9-23(16-26)28-17-25-15-22(21(4)40)12-13-24(25)18-35-28;1-19(2)29-30(40)36-20(3)31(41)39-14-8-11-27(38-39)32(42)44-21(4)22-12-13-24-18-35-28(17-25(24)15-22)23-9-7-10-26(16-23)34(5,6)33(43)37-29;/h7,9-10,12-13,15-21,27,29,38,40H,8,11,14H2,1-6H3,(H,36,41)(H,37,45)(H,43,44);7,9-10,12-13,15-21,27,29,38H,8,11,14H2,1-6H3,(H,36,40)(H,37,43);1H4/t20-,21+,27-,29-;20-,21+,27?,29-;/m00./s1. The summed E-state index contributed by atoms with van der Waals surface area (Å²) in [5, 5.41) is 37.0. The van der Waals surface area contributed by atoms with E-state index in [0.29, 0.717) is 38.8 Å². The number of hydrogen-bond donors (Lipinski definition) is 8. The average Bonchev–Trinajstić information content (AvgIpc) is 0.909. The molecule has 21 heteroatoms. The first-order chi connectivity index (χ1) is 42.0. The Labute approximate surface area is 526 Å². The van der Waals surface area contributed by atoms with Crippen LogP contribution in [0.5, 0.6) is 0 Å². The Morgan fingerprint density at radius 2 is 1.36 bits per heavy atom. The zero-order valence-electron chi connectivity index (χ0n) is 52.8. The highest BCUT2D eigenvalue weighted by Gasteiger charge is 2.39. The number of ether oxygens (including phenoxy) is 1. The molecule has 0 radical (unpaired) electrons. The number of aliphatic hydroxyl groups excluding tert-OH is 1. The molecule has 2 aromatic heterocycles. The molecule has 6 amide bonds. The summed E-state index contributed by atoms with van der Waals surface area (Å²) in [6, 6.07) is 25.6. The van der Waals surface area contributed by atoms with Crippen molar-refractivity contribution in [2.24, 2.45) is 11.8 Å². The summed E-state index contributed by atoms with van der Waals surface area (Å²) in [6.07, 6.45) is 4.51. The lowest BCUT2D eigenvalue weighted by Crippen LogP contribution is -2.61. The van der Waals surface area contributed by atoms with Crippen LogP contribution >= 0.6 is 0 Å². The van der Waals surface area contributed by atoms with Gasteiger partial charge in [-0.15, -0.1) is 0 Å². The van der Waals surface area contributed by atoms with E-state index in [-0.39, 0.29) is 37.0 Å². The molecule has 3 aliphatic rings. The number of carbonyl (C=O) groups is 8. The second kappa shape index (κ2) is 28.9. The molecule has 5 heterocycles. The largest absolute Gasteiger partial charge is 0.480 e. The minimum absolute atomic E-state index is 0.